The van der Waals surface area contributed by atoms with Gasteiger partial charge in [0.1, 0.15) is 0 Å². The van der Waals surface area contributed by atoms with Crippen molar-refractivity contribution in [3.8, 4) is 44.5 Å². The van der Waals surface area contributed by atoms with Gasteiger partial charge in [0.25, 0.3) is 0 Å². The first-order chi connectivity index (χ1) is 30.2. The Morgan fingerprint density at radius 2 is 0.484 bits per heavy atom. The van der Waals surface area contributed by atoms with Crippen molar-refractivity contribution in [3.63, 3.8) is 0 Å². The molecule has 4 aromatic carbocycles. The van der Waals surface area contributed by atoms with Gasteiger partial charge in [-0.15, -0.1) is 15.5 Å². The lowest BCUT2D eigenvalue weighted by molar-refractivity contribution is 0.550. The smallest absolute Gasteiger partial charge is 0.332 e. The van der Waals surface area contributed by atoms with E-state index in [1.54, 1.807) is 48.6 Å². The number of fused-ring (bicyclic) bond motifs is 8. The third-order valence-electron chi connectivity index (χ3n) is 10.5. The highest BCUT2D eigenvalue weighted by molar-refractivity contribution is 7.87. The maximum absolute atomic E-state index is 14.1. The fraction of sp³-hybridized carbons (Fsp3) is 0. The van der Waals surface area contributed by atoms with Gasteiger partial charge in [0.05, 0.1) is 42.4 Å². The Bertz CT molecular complexity index is 3310. The highest BCUT2D eigenvalue weighted by atomic mass is 32.3. The van der Waals surface area contributed by atoms with Crippen LogP contribution < -0.4 is 0 Å². The third-order valence-corrected chi connectivity index (χ3v) is 13.8. The van der Waals surface area contributed by atoms with Crippen molar-refractivity contribution in [2.24, 2.45) is 0 Å². The van der Waals surface area contributed by atoms with Gasteiger partial charge in [-0.1, -0.05) is 48.5 Å². The first-order valence-corrected chi connectivity index (χ1v) is 24.1. The summed E-state index contributed by atoms with van der Waals surface area (Å²) < 4.78 is 150. The first kappa shape index (κ1) is 42.3. The maximum Gasteiger partial charge on any atom is 0.332 e. The second-order valence-corrected chi connectivity index (χ2v) is 19.7. The molecule has 0 fully saturated rings. The molecule has 64 heavy (non-hydrogen) atoms. The van der Waals surface area contributed by atoms with E-state index in [9.17, 15) is 49.2 Å². The second kappa shape index (κ2) is 15.4. The van der Waals surface area contributed by atoms with Gasteiger partial charge in [-0.2, -0.15) is 33.7 Å². The highest BCUT2D eigenvalue weighted by Crippen LogP contribution is 2.39. The Morgan fingerprint density at radius 1 is 0.297 bits per heavy atom. The number of nitrogens with one attached hydrogen (secondary N) is 2. The summed E-state index contributed by atoms with van der Waals surface area (Å²) in [6.07, 6.45) is 6.65. The molecule has 0 spiro atoms. The molecule has 0 saturated heterocycles. The molecule has 9 rings (SSSR count). The fourth-order valence-electron chi connectivity index (χ4n) is 7.56. The van der Waals surface area contributed by atoms with E-state index >= 15 is 0 Å². The van der Waals surface area contributed by atoms with Crippen molar-refractivity contribution in [2.45, 2.75) is 19.6 Å². The van der Waals surface area contributed by atoms with Gasteiger partial charge in [-0.3, -0.25) is 0 Å². The lowest BCUT2D eigenvalue weighted by Crippen LogP contribution is -1.93. The van der Waals surface area contributed by atoms with Crippen LogP contribution in [-0.4, -0.2) is 53.6 Å². The van der Waals surface area contributed by atoms with Crippen molar-refractivity contribution in [1.29, 1.82) is 0 Å². The van der Waals surface area contributed by atoms with Crippen molar-refractivity contribution in [3.05, 3.63) is 144 Å². The summed E-state index contributed by atoms with van der Waals surface area (Å²) in [7, 11) is -20.3. The maximum atomic E-state index is 14.1. The van der Waals surface area contributed by atoms with Crippen molar-refractivity contribution in [2.75, 3.05) is 0 Å². The number of halogens is 4. The van der Waals surface area contributed by atoms with E-state index in [2.05, 4.69) is 9.97 Å². The zero-order valence-corrected chi connectivity index (χ0v) is 35.4. The predicted octanol–water partition coefficient (Wildman–Crippen LogP) is 9.96. The minimum Gasteiger partial charge on any atom is -0.354 e. The van der Waals surface area contributed by atoms with Crippen LogP contribution in [-0.2, 0) is 40.9 Å². The minimum absolute atomic E-state index is 0.321. The summed E-state index contributed by atoms with van der Waals surface area (Å²) in [5.74, 6) is 0. The topological polar surface area (TPSA) is 194 Å². The Kier molecular flexibility index (Phi) is 10.2. The molecule has 0 radical (unpaired) electrons. The normalized spacial score (nSPS) is 13.1. The summed E-state index contributed by atoms with van der Waals surface area (Å²) in [5.41, 5.74) is 6.11. The molecule has 8 bridgehead atoms. The molecule has 3 aromatic heterocycles. The number of hydrogen-bond acceptors (Lipinski definition) is 10. The molecule has 0 unspecified atom stereocenters. The van der Waals surface area contributed by atoms with Crippen molar-refractivity contribution in [1.82, 2.24) is 19.9 Å². The largest absolute Gasteiger partial charge is 0.354 e. The summed E-state index contributed by atoms with van der Waals surface area (Å²) in [6, 6.07) is 26.7. The molecule has 0 amide bonds. The van der Waals surface area contributed by atoms with E-state index in [1.807, 2.05) is 0 Å². The van der Waals surface area contributed by atoms with Gasteiger partial charge in [0, 0.05) is 44.3 Å². The molecule has 2 aliphatic heterocycles. The standard InChI is InChI=1S/C44H26F4N4O8S4/c45-61(53,54)29-9-1-25(2-10-29)41-33-17-19-35(49-33)42(26-3-11-30(12-4-26)62(46,55)56)37-21-23-39(51-37)44(28-7-15-32(16-8-28)64(48,59)60)40-24-22-38(52-40)43(36-20-18-34(41)50-36)27-5-13-31(14-6-27)63(47,57)58/h1-24,49,52H. The van der Waals surface area contributed by atoms with Crippen LogP contribution in [0.1, 0.15) is 22.8 Å². The molecule has 0 saturated carbocycles. The van der Waals surface area contributed by atoms with Gasteiger partial charge in [0.15, 0.2) is 0 Å². The first-order valence-electron chi connectivity index (χ1n) is 18.6. The second-order valence-electron chi connectivity index (χ2n) is 14.4. The number of H-pyrrole nitrogens is 2. The SMILES string of the molecule is O=S(=O)(F)c1ccc(-c2c3nc(c(-c4ccc(S(=O)(=O)F)cc4)c4ccc([nH]4)c(-c4ccc(S(=O)(=O)F)cc4)c4nc(c(-c5ccc(S(=O)(=O)F)cc5)c5ccc2[nH]5)C=C4)C=C3)cc1. The van der Waals surface area contributed by atoms with E-state index in [1.165, 1.54) is 48.5 Å². The summed E-state index contributed by atoms with van der Waals surface area (Å²) in [6.45, 7) is 0. The predicted molar refractivity (Wildman–Crippen MR) is 234 cm³/mol. The van der Waals surface area contributed by atoms with Crippen LogP contribution in [0.5, 0.6) is 0 Å². The van der Waals surface area contributed by atoms with Crippen molar-refractivity contribution >= 4 is 87.3 Å². The quantitative estimate of drug-likeness (QED) is 0.109. The van der Waals surface area contributed by atoms with Crippen LogP contribution in [0, 0.1) is 0 Å². The Labute approximate surface area is 362 Å². The van der Waals surface area contributed by atoms with Crippen LogP contribution in [0.3, 0.4) is 0 Å². The zero-order valence-electron chi connectivity index (χ0n) is 32.2. The summed E-state index contributed by atoms with van der Waals surface area (Å²) in [4.78, 5) is 14.4. The molecule has 12 nitrogen and oxygen atoms in total. The van der Waals surface area contributed by atoms with Gasteiger partial charge >= 0.3 is 40.9 Å². The monoisotopic (exact) mass is 942 g/mol. The van der Waals surface area contributed by atoms with Crippen LogP contribution in [0.4, 0.5) is 15.5 Å². The number of aromatic amines is 2. The summed E-state index contributed by atoms with van der Waals surface area (Å²) in [5, 5.41) is 0. The molecule has 20 heteroatoms. The van der Waals surface area contributed by atoms with E-state index in [-0.39, 0.29) is 0 Å². The number of hydrogen-bond donors (Lipinski definition) is 2. The number of aromatic nitrogens is 4. The lowest BCUT2D eigenvalue weighted by Gasteiger charge is -2.08. The average Bonchev–Trinajstić information content (AvgIpc) is 4.08. The van der Waals surface area contributed by atoms with Crippen LogP contribution in [0.2, 0.25) is 0 Å². The van der Waals surface area contributed by atoms with Gasteiger partial charge < -0.3 is 9.97 Å². The zero-order chi connectivity index (χ0) is 45.3. The number of benzene rings is 4. The van der Waals surface area contributed by atoms with E-state index in [0.717, 1.165) is 48.5 Å². The Morgan fingerprint density at radius 3 is 0.656 bits per heavy atom. The van der Waals surface area contributed by atoms with E-state index < -0.39 is 60.5 Å². The number of rotatable bonds is 8. The molecule has 2 aliphatic rings. The molecule has 2 N–H and O–H groups in total. The minimum atomic E-state index is -5.07. The Balaban J connectivity index is 1.44. The Hall–Kier alpha value is -7.00. The highest BCUT2D eigenvalue weighted by Gasteiger charge is 2.22. The van der Waals surface area contributed by atoms with Crippen LogP contribution in [0.25, 0.3) is 90.9 Å². The molecule has 322 valence electrons. The fourth-order valence-corrected chi connectivity index (χ4v) is 9.40. The van der Waals surface area contributed by atoms with E-state index in [4.69, 9.17) is 9.97 Å². The average molecular weight is 943 g/mol. The molecular weight excluding hydrogens is 917 g/mol. The molecular formula is C44H26F4N4O8S4. The summed E-state index contributed by atoms with van der Waals surface area (Å²) >= 11 is 0. The van der Waals surface area contributed by atoms with Gasteiger partial charge in [-0.25, -0.2) is 9.97 Å². The molecule has 0 aliphatic carbocycles. The van der Waals surface area contributed by atoms with Crippen LogP contribution >= 0.6 is 0 Å². The van der Waals surface area contributed by atoms with Gasteiger partial charge in [-0.05, 0) is 119 Å². The van der Waals surface area contributed by atoms with Crippen molar-refractivity contribution < 1.29 is 49.2 Å². The van der Waals surface area contributed by atoms with Gasteiger partial charge in [0.2, 0.25) is 0 Å². The van der Waals surface area contributed by atoms with E-state index in [0.29, 0.717) is 89.4 Å². The molecule has 0 atom stereocenters. The molecule has 5 heterocycles. The van der Waals surface area contributed by atoms with Crippen LogP contribution in [0.15, 0.2) is 141 Å². The number of nitrogens with zero attached hydrogens (tertiary/aromatic N) is 2. The molecule has 7 aromatic rings. The third kappa shape index (κ3) is 8.07. The lowest BCUT2D eigenvalue weighted by atomic mass is 10.0.